The van der Waals surface area contributed by atoms with Gasteiger partial charge in [-0.1, -0.05) is 0 Å². The minimum absolute atomic E-state index is 0.0491. The van der Waals surface area contributed by atoms with Crippen molar-refractivity contribution in [1.82, 2.24) is 9.80 Å². The van der Waals surface area contributed by atoms with Gasteiger partial charge in [-0.3, -0.25) is 9.69 Å². The fourth-order valence-electron chi connectivity index (χ4n) is 2.04. The molecule has 2 N–H and O–H groups in total. The summed E-state index contributed by atoms with van der Waals surface area (Å²) < 4.78 is 4.99. The second kappa shape index (κ2) is 5.85. The number of carbonyl (C=O) groups excluding carboxylic acids is 1. The van der Waals surface area contributed by atoms with Crippen LogP contribution in [0.25, 0.3) is 0 Å². The molecule has 7 heteroatoms. The number of furan rings is 1. The fourth-order valence-corrected chi connectivity index (χ4v) is 2.04. The Hall–Kier alpha value is -1.86. The van der Waals surface area contributed by atoms with Gasteiger partial charge >= 0.3 is 5.97 Å². The van der Waals surface area contributed by atoms with Crippen molar-refractivity contribution in [2.45, 2.75) is 0 Å². The first-order valence-corrected chi connectivity index (χ1v) is 6.07. The smallest absolute Gasteiger partial charge is 0.371 e. The van der Waals surface area contributed by atoms with E-state index in [4.69, 9.17) is 14.6 Å². The van der Waals surface area contributed by atoms with Gasteiger partial charge in [0.05, 0.1) is 6.61 Å². The van der Waals surface area contributed by atoms with Crippen LogP contribution in [0.5, 0.6) is 0 Å². The number of aromatic carboxylic acids is 1. The molecule has 1 aromatic heterocycles. The molecule has 7 nitrogen and oxygen atoms in total. The van der Waals surface area contributed by atoms with E-state index in [2.05, 4.69) is 4.90 Å². The lowest BCUT2D eigenvalue weighted by molar-refractivity contribution is 0.0575. The quantitative estimate of drug-likeness (QED) is 0.780. The van der Waals surface area contributed by atoms with E-state index in [9.17, 15) is 9.59 Å². The van der Waals surface area contributed by atoms with Gasteiger partial charge in [0.2, 0.25) is 5.76 Å². The molecule has 0 spiro atoms. The highest BCUT2D eigenvalue weighted by Crippen LogP contribution is 2.12. The summed E-state index contributed by atoms with van der Waals surface area (Å²) >= 11 is 0. The zero-order chi connectivity index (χ0) is 13.8. The molecule has 2 rings (SSSR count). The van der Waals surface area contributed by atoms with Crippen LogP contribution in [-0.4, -0.2) is 71.2 Å². The summed E-state index contributed by atoms with van der Waals surface area (Å²) in [5.41, 5.74) is 0. The van der Waals surface area contributed by atoms with Crippen LogP contribution in [0, 0.1) is 0 Å². The normalized spacial score (nSPS) is 16.6. The third kappa shape index (κ3) is 3.12. The zero-order valence-corrected chi connectivity index (χ0v) is 10.4. The SMILES string of the molecule is O=C(O)c1ccc(C(=O)N2CCN(CCO)CC2)o1. The number of hydrogen-bond acceptors (Lipinski definition) is 5. The van der Waals surface area contributed by atoms with Crippen LogP contribution in [-0.2, 0) is 0 Å². The molecule has 0 atom stereocenters. The molecule has 0 saturated carbocycles. The Morgan fingerprint density at radius 1 is 1.16 bits per heavy atom. The van der Waals surface area contributed by atoms with Crippen LogP contribution in [0.4, 0.5) is 0 Å². The number of aliphatic hydroxyl groups excluding tert-OH is 1. The van der Waals surface area contributed by atoms with Crippen molar-refractivity contribution in [2.75, 3.05) is 39.3 Å². The van der Waals surface area contributed by atoms with E-state index in [1.54, 1.807) is 4.90 Å². The molecule has 104 valence electrons. The lowest BCUT2D eigenvalue weighted by atomic mass is 10.3. The second-order valence-corrected chi connectivity index (χ2v) is 4.33. The Labute approximate surface area is 110 Å². The molecule has 1 aliphatic rings. The molecule has 1 fully saturated rings. The summed E-state index contributed by atoms with van der Waals surface area (Å²) in [6.07, 6.45) is 0. The predicted octanol–water partition coefficient (Wildman–Crippen LogP) is -0.272. The zero-order valence-electron chi connectivity index (χ0n) is 10.4. The van der Waals surface area contributed by atoms with Gasteiger partial charge in [-0.15, -0.1) is 0 Å². The van der Waals surface area contributed by atoms with Gasteiger partial charge in [0.1, 0.15) is 0 Å². The molecule has 0 aliphatic carbocycles. The van der Waals surface area contributed by atoms with Gasteiger partial charge in [-0.2, -0.15) is 0 Å². The largest absolute Gasteiger partial charge is 0.475 e. The number of carbonyl (C=O) groups is 2. The van der Waals surface area contributed by atoms with Crippen molar-refractivity contribution in [3.8, 4) is 0 Å². The molecular weight excluding hydrogens is 252 g/mol. The Bertz CT molecular complexity index is 462. The van der Waals surface area contributed by atoms with E-state index in [-0.39, 0.29) is 24.0 Å². The molecule has 1 aromatic rings. The predicted molar refractivity (Wildman–Crippen MR) is 65.1 cm³/mol. The van der Waals surface area contributed by atoms with Crippen molar-refractivity contribution < 1.29 is 24.2 Å². The van der Waals surface area contributed by atoms with Crippen molar-refractivity contribution in [3.05, 3.63) is 23.7 Å². The van der Waals surface area contributed by atoms with Crippen molar-refractivity contribution in [1.29, 1.82) is 0 Å². The maximum atomic E-state index is 12.1. The van der Waals surface area contributed by atoms with Gasteiger partial charge in [0.15, 0.2) is 5.76 Å². The van der Waals surface area contributed by atoms with E-state index in [1.807, 2.05) is 0 Å². The van der Waals surface area contributed by atoms with E-state index in [0.717, 1.165) is 0 Å². The molecule has 0 radical (unpaired) electrons. The third-order valence-electron chi connectivity index (χ3n) is 3.10. The molecule has 0 aromatic carbocycles. The number of nitrogens with zero attached hydrogens (tertiary/aromatic N) is 2. The Balaban J connectivity index is 1.95. The number of piperazine rings is 1. The van der Waals surface area contributed by atoms with Gasteiger partial charge in [0.25, 0.3) is 5.91 Å². The molecule has 0 unspecified atom stereocenters. The van der Waals surface area contributed by atoms with E-state index < -0.39 is 5.97 Å². The van der Waals surface area contributed by atoms with Crippen molar-refractivity contribution >= 4 is 11.9 Å². The maximum absolute atomic E-state index is 12.1. The summed E-state index contributed by atoms with van der Waals surface area (Å²) in [5.74, 6) is -1.67. The number of aliphatic hydroxyl groups is 1. The second-order valence-electron chi connectivity index (χ2n) is 4.33. The molecular formula is C12H16N2O5. The number of β-amino-alcohol motifs (C(OH)–C–C–N with tert-alkyl or cyclic N) is 1. The Morgan fingerprint density at radius 2 is 1.79 bits per heavy atom. The summed E-state index contributed by atoms with van der Waals surface area (Å²) in [5, 5.41) is 17.6. The molecule has 1 aliphatic heterocycles. The van der Waals surface area contributed by atoms with Crippen molar-refractivity contribution in [3.63, 3.8) is 0 Å². The monoisotopic (exact) mass is 268 g/mol. The number of amides is 1. The Kier molecular flexibility index (Phi) is 4.18. The van der Waals surface area contributed by atoms with Gasteiger partial charge in [-0.05, 0) is 12.1 Å². The molecule has 19 heavy (non-hydrogen) atoms. The number of carboxylic acid groups (broad SMARTS) is 1. The number of rotatable bonds is 4. The van der Waals surface area contributed by atoms with Crippen LogP contribution in [0.3, 0.4) is 0 Å². The van der Waals surface area contributed by atoms with Gasteiger partial charge in [-0.25, -0.2) is 4.79 Å². The number of carboxylic acids is 1. The standard InChI is InChI=1S/C12H16N2O5/c15-8-7-13-3-5-14(6-4-13)11(16)9-1-2-10(19-9)12(17)18/h1-2,15H,3-8H2,(H,17,18). The van der Waals surface area contributed by atoms with Gasteiger partial charge < -0.3 is 19.5 Å². The lowest BCUT2D eigenvalue weighted by Crippen LogP contribution is -2.49. The van der Waals surface area contributed by atoms with E-state index in [0.29, 0.717) is 32.7 Å². The Morgan fingerprint density at radius 3 is 2.32 bits per heavy atom. The summed E-state index contributed by atoms with van der Waals surface area (Å²) in [4.78, 5) is 26.4. The topological polar surface area (TPSA) is 94.2 Å². The highest BCUT2D eigenvalue weighted by molar-refractivity contribution is 5.93. The summed E-state index contributed by atoms with van der Waals surface area (Å²) in [6.45, 7) is 3.18. The minimum Gasteiger partial charge on any atom is -0.475 e. The molecule has 0 bridgehead atoms. The van der Waals surface area contributed by atoms with Crippen LogP contribution < -0.4 is 0 Å². The van der Waals surface area contributed by atoms with Gasteiger partial charge in [0, 0.05) is 32.7 Å². The first-order valence-electron chi connectivity index (χ1n) is 6.07. The lowest BCUT2D eigenvalue weighted by Gasteiger charge is -2.33. The van der Waals surface area contributed by atoms with Crippen LogP contribution in [0.1, 0.15) is 21.1 Å². The minimum atomic E-state index is -1.19. The maximum Gasteiger partial charge on any atom is 0.371 e. The first kappa shape index (κ1) is 13.6. The van der Waals surface area contributed by atoms with E-state index in [1.165, 1.54) is 12.1 Å². The average Bonchev–Trinajstić information content (AvgIpc) is 2.89. The highest BCUT2D eigenvalue weighted by atomic mass is 16.4. The van der Waals surface area contributed by atoms with Crippen LogP contribution in [0.2, 0.25) is 0 Å². The van der Waals surface area contributed by atoms with Crippen molar-refractivity contribution in [2.24, 2.45) is 0 Å². The molecule has 1 amide bonds. The van der Waals surface area contributed by atoms with Crippen LogP contribution in [0.15, 0.2) is 16.5 Å². The number of hydrogen-bond donors (Lipinski definition) is 2. The van der Waals surface area contributed by atoms with E-state index >= 15 is 0 Å². The average molecular weight is 268 g/mol. The summed E-state index contributed by atoms with van der Waals surface area (Å²) in [6, 6.07) is 2.66. The summed E-state index contributed by atoms with van der Waals surface area (Å²) in [7, 11) is 0. The van der Waals surface area contributed by atoms with Crippen LogP contribution >= 0.6 is 0 Å². The highest BCUT2D eigenvalue weighted by Gasteiger charge is 2.24. The first-order chi connectivity index (χ1) is 9.11. The third-order valence-corrected chi connectivity index (χ3v) is 3.10. The fraction of sp³-hybridized carbons (Fsp3) is 0.500. The molecule has 2 heterocycles. The molecule has 1 saturated heterocycles.